The fourth-order valence-electron chi connectivity index (χ4n) is 0.852. The third-order valence-corrected chi connectivity index (χ3v) is 2.25. The molecule has 2 aromatic rings. The zero-order valence-corrected chi connectivity index (χ0v) is 6.84. The number of thiazole rings is 1. The van der Waals surface area contributed by atoms with Gasteiger partial charge in [0.05, 0.1) is 4.88 Å². The molecule has 0 saturated heterocycles. The smallest absolute Gasteiger partial charge is 0.305 e. The molecule has 4 nitrogen and oxygen atoms in total. The van der Waals surface area contributed by atoms with Gasteiger partial charge in [-0.05, 0) is 0 Å². The molecule has 0 fully saturated rings. The summed E-state index contributed by atoms with van der Waals surface area (Å²) in [4.78, 5) is 21.9. The van der Waals surface area contributed by atoms with Gasteiger partial charge in [0.25, 0.3) is 0 Å². The number of aromatic nitrogens is 3. The summed E-state index contributed by atoms with van der Waals surface area (Å²) in [6, 6.07) is 0. The van der Waals surface area contributed by atoms with Crippen molar-refractivity contribution in [3.63, 3.8) is 0 Å². The minimum Gasteiger partial charge on any atom is -0.319 e. The van der Waals surface area contributed by atoms with Crippen LogP contribution in [0.2, 0.25) is 0 Å². The lowest BCUT2D eigenvalue weighted by molar-refractivity contribution is 1.17. The number of aromatic amines is 1. The summed E-state index contributed by atoms with van der Waals surface area (Å²) < 4.78 is 0. The highest BCUT2D eigenvalue weighted by atomic mass is 32.1. The van der Waals surface area contributed by atoms with Crippen molar-refractivity contribution in [1.82, 2.24) is 15.0 Å². The Morgan fingerprint density at radius 3 is 2.67 bits per heavy atom. The predicted octanol–water partition coefficient (Wildman–Crippen LogP) is 0.893. The van der Waals surface area contributed by atoms with Gasteiger partial charge in [0.15, 0.2) is 0 Å². The van der Waals surface area contributed by atoms with Crippen molar-refractivity contribution in [1.29, 1.82) is 0 Å². The molecule has 0 aliphatic carbocycles. The van der Waals surface area contributed by atoms with Crippen LogP contribution in [0.15, 0.2) is 29.7 Å². The third-order valence-electron chi connectivity index (χ3n) is 1.37. The zero-order chi connectivity index (χ0) is 8.39. The van der Waals surface area contributed by atoms with E-state index in [1.807, 2.05) is 0 Å². The van der Waals surface area contributed by atoms with Crippen molar-refractivity contribution >= 4 is 11.3 Å². The molecule has 0 bridgehead atoms. The molecule has 12 heavy (non-hydrogen) atoms. The van der Waals surface area contributed by atoms with Gasteiger partial charge in [0.2, 0.25) is 0 Å². The van der Waals surface area contributed by atoms with Gasteiger partial charge >= 0.3 is 4.87 Å². The van der Waals surface area contributed by atoms with E-state index in [0.717, 1.165) is 21.8 Å². The molecule has 5 heteroatoms. The highest BCUT2D eigenvalue weighted by molar-refractivity contribution is 7.12. The van der Waals surface area contributed by atoms with Gasteiger partial charge in [0, 0.05) is 24.2 Å². The third kappa shape index (κ3) is 1.26. The van der Waals surface area contributed by atoms with Gasteiger partial charge in [-0.15, -0.1) is 0 Å². The topological polar surface area (TPSA) is 58.6 Å². The fourth-order valence-corrected chi connectivity index (χ4v) is 1.51. The van der Waals surface area contributed by atoms with E-state index in [9.17, 15) is 4.79 Å². The van der Waals surface area contributed by atoms with Crippen LogP contribution in [0.25, 0.3) is 10.4 Å². The maximum absolute atomic E-state index is 10.8. The Morgan fingerprint density at radius 1 is 1.33 bits per heavy atom. The van der Waals surface area contributed by atoms with Gasteiger partial charge in [-0.2, -0.15) is 0 Å². The molecular weight excluding hydrogens is 174 g/mol. The number of nitrogens with one attached hydrogen (secondary N) is 1. The molecular formula is C7H5N3OS. The molecule has 60 valence electrons. The minimum absolute atomic E-state index is 0.0612. The average Bonchev–Trinajstić information content (AvgIpc) is 2.54. The number of hydrogen-bond acceptors (Lipinski definition) is 4. The minimum atomic E-state index is -0.0612. The predicted molar refractivity (Wildman–Crippen MR) is 46.0 cm³/mol. The van der Waals surface area contributed by atoms with Crippen molar-refractivity contribution in [2.75, 3.05) is 0 Å². The molecule has 0 unspecified atom stereocenters. The summed E-state index contributed by atoms with van der Waals surface area (Å²) in [5, 5.41) is 0. The zero-order valence-electron chi connectivity index (χ0n) is 6.02. The molecule has 0 aliphatic heterocycles. The molecule has 2 rings (SSSR count). The Hall–Kier alpha value is -1.49. The van der Waals surface area contributed by atoms with E-state index in [1.165, 1.54) is 6.33 Å². The summed E-state index contributed by atoms with van der Waals surface area (Å²) in [5.41, 5.74) is 0.862. The van der Waals surface area contributed by atoms with Crippen molar-refractivity contribution in [2.45, 2.75) is 0 Å². The summed E-state index contributed by atoms with van der Waals surface area (Å²) in [6.45, 7) is 0. The molecule has 0 aliphatic rings. The maximum atomic E-state index is 10.8. The van der Waals surface area contributed by atoms with Gasteiger partial charge in [0.1, 0.15) is 6.33 Å². The second-order valence-electron chi connectivity index (χ2n) is 2.17. The summed E-state index contributed by atoms with van der Waals surface area (Å²) in [5.74, 6) is 0. The Balaban J connectivity index is 2.51. The first-order chi connectivity index (χ1) is 5.86. The highest BCUT2D eigenvalue weighted by Gasteiger charge is 1.99. The first-order valence-electron chi connectivity index (χ1n) is 3.30. The Kier molecular flexibility index (Phi) is 1.71. The van der Waals surface area contributed by atoms with Crippen molar-refractivity contribution in [3.05, 3.63) is 34.6 Å². The molecule has 2 heterocycles. The van der Waals surface area contributed by atoms with E-state index in [-0.39, 0.29) is 4.87 Å². The Labute approximate surface area is 71.9 Å². The summed E-state index contributed by atoms with van der Waals surface area (Å²) in [7, 11) is 0. The first kappa shape index (κ1) is 7.17. The highest BCUT2D eigenvalue weighted by Crippen LogP contribution is 2.17. The standard InChI is InChI=1S/C7H5N3OS/c11-7-10-3-6(12-7)5-1-8-4-9-2-5/h1-4H,(H,10,11). The number of H-pyrrole nitrogens is 1. The van der Waals surface area contributed by atoms with Crippen LogP contribution in [-0.2, 0) is 0 Å². The van der Waals surface area contributed by atoms with E-state index < -0.39 is 0 Å². The Morgan fingerprint density at radius 2 is 2.08 bits per heavy atom. The summed E-state index contributed by atoms with van der Waals surface area (Å²) >= 11 is 1.15. The monoisotopic (exact) mass is 179 g/mol. The van der Waals surface area contributed by atoms with Gasteiger partial charge in [-0.3, -0.25) is 4.79 Å². The Bertz CT molecular complexity index is 419. The SMILES string of the molecule is O=c1[nH]cc(-c2cncnc2)s1. The molecule has 0 spiro atoms. The number of rotatable bonds is 1. The lowest BCUT2D eigenvalue weighted by Crippen LogP contribution is -1.88. The van der Waals surface area contributed by atoms with Crippen LogP contribution < -0.4 is 4.87 Å². The second-order valence-corrected chi connectivity index (χ2v) is 3.18. The summed E-state index contributed by atoms with van der Waals surface area (Å²) in [6.07, 6.45) is 6.46. The van der Waals surface area contributed by atoms with E-state index in [1.54, 1.807) is 18.6 Å². The molecule has 1 N–H and O–H groups in total. The van der Waals surface area contributed by atoms with E-state index >= 15 is 0 Å². The lowest BCUT2D eigenvalue weighted by Gasteiger charge is -1.90. The lowest BCUT2D eigenvalue weighted by atomic mass is 10.3. The largest absolute Gasteiger partial charge is 0.319 e. The molecule has 0 atom stereocenters. The van der Waals surface area contributed by atoms with Crippen LogP contribution in [-0.4, -0.2) is 15.0 Å². The molecule has 0 amide bonds. The van der Waals surface area contributed by atoms with Crippen LogP contribution in [0.3, 0.4) is 0 Å². The van der Waals surface area contributed by atoms with Crippen molar-refractivity contribution in [2.24, 2.45) is 0 Å². The van der Waals surface area contributed by atoms with E-state index in [4.69, 9.17) is 0 Å². The van der Waals surface area contributed by atoms with Crippen LogP contribution in [0.4, 0.5) is 0 Å². The second kappa shape index (κ2) is 2.86. The quantitative estimate of drug-likeness (QED) is 0.707. The van der Waals surface area contributed by atoms with Gasteiger partial charge in [-0.1, -0.05) is 11.3 Å². The normalized spacial score (nSPS) is 10.0. The van der Waals surface area contributed by atoms with Gasteiger partial charge < -0.3 is 4.98 Å². The number of nitrogens with zero attached hydrogens (tertiary/aromatic N) is 2. The maximum Gasteiger partial charge on any atom is 0.305 e. The molecule has 0 saturated carbocycles. The van der Waals surface area contributed by atoms with Crippen molar-refractivity contribution < 1.29 is 0 Å². The van der Waals surface area contributed by atoms with Crippen LogP contribution in [0, 0.1) is 0 Å². The molecule has 0 radical (unpaired) electrons. The van der Waals surface area contributed by atoms with E-state index in [2.05, 4.69) is 15.0 Å². The van der Waals surface area contributed by atoms with Crippen LogP contribution in [0.5, 0.6) is 0 Å². The molecule has 2 aromatic heterocycles. The van der Waals surface area contributed by atoms with Crippen molar-refractivity contribution in [3.8, 4) is 10.4 Å². The fraction of sp³-hybridized carbons (Fsp3) is 0. The van der Waals surface area contributed by atoms with Crippen LogP contribution >= 0.6 is 11.3 Å². The number of hydrogen-bond donors (Lipinski definition) is 1. The molecule has 0 aromatic carbocycles. The van der Waals surface area contributed by atoms with Crippen LogP contribution in [0.1, 0.15) is 0 Å². The van der Waals surface area contributed by atoms with E-state index in [0.29, 0.717) is 0 Å². The average molecular weight is 179 g/mol. The first-order valence-corrected chi connectivity index (χ1v) is 4.12. The van der Waals surface area contributed by atoms with Gasteiger partial charge in [-0.25, -0.2) is 9.97 Å².